The summed E-state index contributed by atoms with van der Waals surface area (Å²) in [4.78, 5) is 38.7. The van der Waals surface area contributed by atoms with E-state index in [1.54, 1.807) is 0 Å². The number of unbranched alkanes of at least 4 members (excludes halogenated alkanes) is 24. The predicted molar refractivity (Wildman–Crippen MR) is 348 cm³/mol. The van der Waals surface area contributed by atoms with Gasteiger partial charge in [-0.1, -0.05) is 174 Å². The average molecular weight is 1280 g/mol. The maximum atomic E-state index is 14.1. The first-order valence-electron chi connectivity index (χ1n) is 34.4. The first kappa shape index (κ1) is 69.9. The van der Waals surface area contributed by atoms with Gasteiger partial charge in [0.05, 0.1) is 11.5 Å². The molecule has 490 valence electrons. The quantitative estimate of drug-likeness (QED) is 0.0107. The van der Waals surface area contributed by atoms with Crippen LogP contribution in [0.2, 0.25) is 0 Å². The molecule has 16 nitrogen and oxygen atoms in total. The fourth-order valence-electron chi connectivity index (χ4n) is 14.4. The summed E-state index contributed by atoms with van der Waals surface area (Å²) >= 11 is 0. The number of esters is 2. The molecule has 3 unspecified atom stereocenters. The van der Waals surface area contributed by atoms with Crippen LogP contribution < -0.4 is 24.8 Å². The molecule has 0 radical (unpaired) electrons. The van der Waals surface area contributed by atoms with Crippen molar-refractivity contribution < 1.29 is 59.5 Å². The summed E-state index contributed by atoms with van der Waals surface area (Å²) in [5.74, 6) is -3.70. The fraction of sp³-hybridized carbons (Fsp3) is 0.696. The molecule has 19 heteroatoms. The zero-order chi connectivity index (χ0) is 62.5. The fourth-order valence-corrected chi connectivity index (χ4v) is 17.3. The van der Waals surface area contributed by atoms with E-state index >= 15 is 0 Å². The molecule has 8 rings (SSSR count). The molecule has 3 aromatic carbocycles. The zero-order valence-corrected chi connectivity index (χ0v) is 55.8. The van der Waals surface area contributed by atoms with E-state index in [1.807, 2.05) is 0 Å². The Morgan fingerprint density at radius 2 is 1.17 bits per heavy atom. The van der Waals surface area contributed by atoms with Gasteiger partial charge >= 0.3 is 19.5 Å². The van der Waals surface area contributed by atoms with Gasteiger partial charge in [-0.05, 0) is 121 Å². The summed E-state index contributed by atoms with van der Waals surface area (Å²) in [5, 5.41) is 13.6. The van der Waals surface area contributed by atoms with E-state index in [0.717, 1.165) is 157 Å². The van der Waals surface area contributed by atoms with Crippen molar-refractivity contribution in [2.75, 3.05) is 50.8 Å². The highest BCUT2D eigenvalue weighted by Gasteiger charge is 2.41. The number of nitrogens with zero attached hydrogens (tertiary/aromatic N) is 2. The van der Waals surface area contributed by atoms with Crippen LogP contribution in [0.15, 0.2) is 40.1 Å². The number of aryl methyl sites for hydroxylation is 2. The summed E-state index contributed by atoms with van der Waals surface area (Å²) in [5.41, 5.74) is 10.3. The van der Waals surface area contributed by atoms with Gasteiger partial charge in [0, 0.05) is 67.7 Å². The smallest absolute Gasteiger partial charge is 0.360 e. The normalized spacial score (nSPS) is 16.7. The number of nitrogens with one attached hydrogen (secondary N) is 1. The number of aliphatic hydroxyl groups is 1. The van der Waals surface area contributed by atoms with Gasteiger partial charge in [-0.2, -0.15) is 8.42 Å². The highest BCUT2D eigenvalue weighted by molar-refractivity contribution is 7.89. The van der Waals surface area contributed by atoms with Gasteiger partial charge < -0.3 is 28.9 Å². The molecule has 0 fully saturated rings. The van der Waals surface area contributed by atoms with Crippen molar-refractivity contribution in [1.82, 2.24) is 9.30 Å². The molecule has 0 bridgehead atoms. The number of ether oxygens (including phenoxy) is 2. The lowest BCUT2D eigenvalue weighted by Crippen LogP contribution is -2.46. The van der Waals surface area contributed by atoms with Crippen LogP contribution in [0.4, 0.5) is 5.69 Å². The SMILES string of the molecule is CCCCCCCCCCCCCCCC(=O)OCC(OC(=O)CCCCCCCCCCCCCCC)C(O)P(=O)(O)OCCNS(=O)(=O)c1ccc(C2=c3cc4c5c(c3Cc3c2cc2c6c3CCCN6CCC2)CCC[N+]=5CCC4)c(S(=O)(=O)O)c1. The number of carbonyl (C=O) groups is 2. The number of aliphatic hydroxyl groups excluding tert-OH is 1. The van der Waals surface area contributed by atoms with Crippen LogP contribution in [-0.2, 0) is 80.4 Å². The van der Waals surface area contributed by atoms with Crippen LogP contribution in [0.25, 0.3) is 5.57 Å². The largest absolute Gasteiger partial charge is 0.462 e. The van der Waals surface area contributed by atoms with Crippen molar-refractivity contribution in [2.24, 2.45) is 0 Å². The maximum Gasteiger partial charge on any atom is 0.360 e. The monoisotopic (exact) mass is 1280 g/mol. The molecule has 0 saturated heterocycles. The minimum atomic E-state index is -5.12. The first-order valence-corrected chi connectivity index (χ1v) is 38.9. The highest BCUT2D eigenvalue weighted by Crippen LogP contribution is 2.49. The van der Waals surface area contributed by atoms with Gasteiger partial charge in [0.2, 0.25) is 15.4 Å². The van der Waals surface area contributed by atoms with E-state index in [9.17, 15) is 45.5 Å². The number of carbonyl (C=O) groups excluding carboxylic acids is 2. The molecule has 4 N–H and O–H groups in total. The van der Waals surface area contributed by atoms with Crippen molar-refractivity contribution >= 4 is 50.9 Å². The van der Waals surface area contributed by atoms with Gasteiger partial charge in [0.15, 0.2) is 11.9 Å². The lowest BCUT2D eigenvalue weighted by atomic mass is 9.74. The summed E-state index contributed by atoms with van der Waals surface area (Å²) in [6, 6.07) is 8.14. The highest BCUT2D eigenvalue weighted by atomic mass is 32.2. The summed E-state index contributed by atoms with van der Waals surface area (Å²) in [6.45, 7) is 6.35. The average Bonchev–Trinajstić information content (AvgIpc) is 1.71. The second-order valence-electron chi connectivity index (χ2n) is 25.8. The van der Waals surface area contributed by atoms with Gasteiger partial charge in [-0.15, -0.1) is 0 Å². The molecule has 0 spiro atoms. The second kappa shape index (κ2) is 34.6. The Kier molecular flexibility index (Phi) is 27.5. The molecule has 88 heavy (non-hydrogen) atoms. The van der Waals surface area contributed by atoms with E-state index in [4.69, 9.17) is 14.0 Å². The Balaban J connectivity index is 0.908. The van der Waals surface area contributed by atoms with Gasteiger partial charge in [-0.25, -0.2) is 17.7 Å². The second-order valence-corrected chi connectivity index (χ2v) is 30.8. The Labute approximate surface area is 526 Å². The molecule has 0 saturated carbocycles. The van der Waals surface area contributed by atoms with Crippen molar-refractivity contribution in [1.29, 1.82) is 0 Å². The molecule has 0 aromatic heterocycles. The molecule has 1 aliphatic carbocycles. The number of hydrogen-bond donors (Lipinski definition) is 4. The first-order chi connectivity index (χ1) is 42.5. The molecule has 4 heterocycles. The van der Waals surface area contributed by atoms with Crippen molar-refractivity contribution in [3.63, 3.8) is 0 Å². The lowest BCUT2D eigenvalue weighted by Gasteiger charge is -2.40. The number of hydrogen-bond acceptors (Lipinski definition) is 12. The standard InChI is InChI=1S/C69H104N3O13PS2/c1-3-5-7-9-11-13-15-17-19-21-23-25-27-37-64(73)83-51-62(85-65(74)38-28-26-24-22-20-18-16-14-12-10-8-6-4-2)69(75)86(76,77)84-46-41-70-87(78,79)54-39-40-57(63(49-54)88(80,81)82)66-60-47-52-33-29-42-71-44-31-35-55(67(52)71)58(60)50-59-56-36-32-45-72-43-30-34-53(68(56)72)48-61(59)66/h39-40,47-49,62,69-70,75H,3-38,41-46,50-51H2,1-2H3,(H-,76,77,80,81,82)/p+1. The minimum Gasteiger partial charge on any atom is -0.462 e. The van der Waals surface area contributed by atoms with Crippen LogP contribution in [0, 0.1) is 0 Å². The summed E-state index contributed by atoms with van der Waals surface area (Å²) in [7, 11) is -14.8. The molecule has 4 aliphatic heterocycles. The maximum absolute atomic E-state index is 14.1. The van der Waals surface area contributed by atoms with Crippen LogP contribution in [0.1, 0.15) is 264 Å². The Morgan fingerprint density at radius 3 is 1.76 bits per heavy atom. The predicted octanol–water partition coefficient (Wildman–Crippen LogP) is 12.4. The Bertz CT molecular complexity index is 3240. The van der Waals surface area contributed by atoms with E-state index in [1.165, 1.54) is 148 Å². The summed E-state index contributed by atoms with van der Waals surface area (Å²) in [6.07, 6.45) is 35.8. The van der Waals surface area contributed by atoms with Crippen molar-refractivity contribution in [2.45, 2.75) is 273 Å². The molecular formula is C69H105N3O13PS2+. The van der Waals surface area contributed by atoms with Crippen molar-refractivity contribution in [3.8, 4) is 0 Å². The topological polar surface area (TPSA) is 226 Å². The van der Waals surface area contributed by atoms with Gasteiger partial charge in [0.25, 0.3) is 10.1 Å². The van der Waals surface area contributed by atoms with Crippen LogP contribution in [-0.4, -0.2) is 101 Å². The van der Waals surface area contributed by atoms with Crippen LogP contribution >= 0.6 is 7.60 Å². The van der Waals surface area contributed by atoms with Crippen LogP contribution in [0.5, 0.6) is 0 Å². The molecule has 3 aromatic rings. The Hall–Kier alpha value is -4.00. The molecule has 0 amide bonds. The van der Waals surface area contributed by atoms with E-state index in [2.05, 4.69) is 40.2 Å². The van der Waals surface area contributed by atoms with E-state index in [-0.39, 0.29) is 18.4 Å². The molecule has 5 aliphatic rings. The van der Waals surface area contributed by atoms with E-state index in [0.29, 0.717) is 24.8 Å². The van der Waals surface area contributed by atoms with E-state index < -0.39 is 81.2 Å². The third-order valence-electron chi connectivity index (χ3n) is 19.0. The van der Waals surface area contributed by atoms with Crippen LogP contribution in [0.3, 0.4) is 0 Å². The number of anilines is 1. The summed E-state index contributed by atoms with van der Waals surface area (Å²) < 4.78 is 101. The van der Waals surface area contributed by atoms with Gasteiger partial charge in [-0.3, -0.25) is 18.7 Å². The zero-order valence-electron chi connectivity index (χ0n) is 53.2. The number of benzene rings is 3. The number of sulfonamides is 1. The minimum absolute atomic E-state index is 0.0183. The Morgan fingerprint density at radius 1 is 0.636 bits per heavy atom. The molecular weight excluding hydrogens is 1170 g/mol. The third kappa shape index (κ3) is 19.3. The van der Waals surface area contributed by atoms with Gasteiger partial charge in [0.1, 0.15) is 24.6 Å². The number of rotatable bonds is 41. The lowest BCUT2D eigenvalue weighted by molar-refractivity contribution is -0.163. The third-order valence-corrected chi connectivity index (χ3v) is 22.9. The number of fused-ring (bicyclic) bond motifs is 4. The molecule has 3 atom stereocenters. The van der Waals surface area contributed by atoms with Crippen molar-refractivity contribution in [3.05, 3.63) is 85.4 Å².